The summed E-state index contributed by atoms with van der Waals surface area (Å²) in [5.41, 5.74) is -4.32. The molecule has 8 atom stereocenters. The van der Waals surface area contributed by atoms with Gasteiger partial charge in [0.05, 0.1) is 59.6 Å². The van der Waals surface area contributed by atoms with Crippen molar-refractivity contribution in [2.24, 2.45) is 142 Å². The monoisotopic (exact) mass is 1580 g/mol. The van der Waals surface area contributed by atoms with Crippen LogP contribution in [0.15, 0.2) is 0 Å². The van der Waals surface area contributed by atoms with Gasteiger partial charge in [-0.05, 0) is 309 Å². The maximum absolute atomic E-state index is 15.0. The van der Waals surface area contributed by atoms with Gasteiger partial charge < -0.3 is 61.6 Å². The number of carbonyl (C=O) groups excluding carboxylic acids is 11. The lowest BCUT2D eigenvalue weighted by Crippen LogP contribution is -2.58. The lowest BCUT2D eigenvalue weighted by molar-refractivity contribution is -0.208. The molecule has 24 nitrogen and oxygen atoms in total. The fraction of sp³-hybridized carbons (Fsp3) is 0.876. The summed E-state index contributed by atoms with van der Waals surface area (Å²) in [6.07, 6.45) is 27.5. The quantitative estimate of drug-likeness (QED) is 0.0279. The van der Waals surface area contributed by atoms with Gasteiger partial charge in [0.2, 0.25) is 0 Å². The van der Waals surface area contributed by atoms with E-state index in [0.29, 0.717) is 117 Å². The number of ether oxygens (including phenoxy) is 13. The minimum Gasteiger partial charge on any atom is -0.464 e. The fourth-order valence-corrected chi connectivity index (χ4v) is 27.4. The number of carbonyl (C=O) groups is 11. The predicted molar refractivity (Wildman–Crippen MR) is 399 cm³/mol. The molecule has 16 bridgehead atoms. The highest BCUT2D eigenvalue weighted by Crippen LogP contribution is 2.64. The first-order valence-electron chi connectivity index (χ1n) is 44.5. The van der Waals surface area contributed by atoms with Crippen molar-refractivity contribution >= 4 is 65.7 Å². The van der Waals surface area contributed by atoms with Crippen LogP contribution >= 0.6 is 0 Å². The minimum absolute atomic E-state index is 0.227. The van der Waals surface area contributed by atoms with Crippen molar-refractivity contribution in [3.05, 3.63) is 0 Å². The van der Waals surface area contributed by atoms with Gasteiger partial charge in [0, 0.05) is 0 Å². The van der Waals surface area contributed by atoms with Gasteiger partial charge in [-0.25, -0.2) is 19.2 Å². The molecule has 626 valence electrons. The van der Waals surface area contributed by atoms with Crippen molar-refractivity contribution in [1.29, 1.82) is 0 Å². The van der Waals surface area contributed by atoms with Gasteiger partial charge in [-0.3, -0.25) is 33.6 Å². The Bertz CT molecular complexity index is 3170. The number of rotatable bonds is 30. The van der Waals surface area contributed by atoms with E-state index in [1.54, 1.807) is 0 Å². The Hall–Kier alpha value is -5.91. The summed E-state index contributed by atoms with van der Waals surface area (Å²) in [4.78, 5) is 156. The van der Waals surface area contributed by atoms with Crippen LogP contribution in [0.3, 0.4) is 0 Å². The first-order chi connectivity index (χ1) is 54.3. The van der Waals surface area contributed by atoms with E-state index in [-0.39, 0.29) is 80.5 Å². The molecule has 0 aromatic heterocycles. The molecule has 20 saturated carbocycles. The van der Waals surface area contributed by atoms with Crippen LogP contribution < -0.4 is 0 Å². The standard InChI is InChI=1S/C89H126O24/c1-85(59-24-50-20-51(26-59)27-60(85)25-50)110-74(90)41-102-78(94)58-12-11-13-67(40-58)109-49-101-45-89(46-106-82(98)71-17-8-5-14-68(71)79(95)103-42-75(91)111-86(2)61-28-52-21-53(30-61)31-62(86)29-52,47-107-83(99)72-18-9-6-15-69(72)80(96)104-43-76(92)112-87(3)63-32-54-22-55(34-63)35-64(87)33-54)48-108-84(100)73-19-10-7-16-70(73)81(97)105-44-77(93)113-88(4)65-36-56-23-57(38-65)39-66(88)37-56/h50-73H,5-49H2,1-4H3. The highest BCUT2D eigenvalue weighted by Gasteiger charge is 2.62. The minimum atomic E-state index is -1.78. The maximum Gasteiger partial charge on any atom is 0.344 e. The Kier molecular flexibility index (Phi) is 24.0. The third kappa shape index (κ3) is 17.1. The van der Waals surface area contributed by atoms with E-state index in [9.17, 15) is 52.7 Å². The van der Waals surface area contributed by atoms with E-state index in [4.69, 9.17) is 61.6 Å². The van der Waals surface area contributed by atoms with Crippen LogP contribution in [0, 0.1) is 142 Å². The highest BCUT2D eigenvalue weighted by molar-refractivity contribution is 5.86. The zero-order chi connectivity index (χ0) is 78.7. The van der Waals surface area contributed by atoms with E-state index < -0.39 is 201 Å². The molecule has 0 spiro atoms. The lowest BCUT2D eigenvalue weighted by atomic mass is 9.50. The number of hydrogen-bond acceptors (Lipinski definition) is 24. The molecule has 20 fully saturated rings. The summed E-state index contributed by atoms with van der Waals surface area (Å²) >= 11 is 0. The maximum atomic E-state index is 15.0. The molecular formula is C89H126O24. The molecule has 0 saturated heterocycles. The van der Waals surface area contributed by atoms with Crippen molar-refractivity contribution in [2.75, 3.05) is 59.6 Å². The topological polar surface area (TPSA) is 308 Å². The van der Waals surface area contributed by atoms with Crippen molar-refractivity contribution in [2.45, 2.75) is 287 Å². The highest BCUT2D eigenvalue weighted by atomic mass is 16.7. The Morgan fingerprint density at radius 2 is 0.504 bits per heavy atom. The van der Waals surface area contributed by atoms with Gasteiger partial charge in [-0.2, -0.15) is 0 Å². The van der Waals surface area contributed by atoms with Crippen LogP contribution in [0.1, 0.15) is 259 Å². The largest absolute Gasteiger partial charge is 0.464 e. The molecule has 0 N–H and O–H groups in total. The van der Waals surface area contributed by atoms with Gasteiger partial charge in [0.25, 0.3) is 0 Å². The molecule has 8 unspecified atom stereocenters. The predicted octanol–water partition coefficient (Wildman–Crippen LogP) is 12.8. The summed E-state index contributed by atoms with van der Waals surface area (Å²) in [5, 5.41) is 0. The molecule has 0 aromatic carbocycles. The van der Waals surface area contributed by atoms with E-state index in [0.717, 1.165) is 103 Å². The third-order valence-electron chi connectivity index (χ3n) is 33.1. The second-order valence-corrected chi connectivity index (χ2v) is 40.2. The summed E-state index contributed by atoms with van der Waals surface area (Å²) in [6, 6.07) is 0. The average Bonchev–Trinajstić information content (AvgIpc) is 0.749. The lowest BCUT2D eigenvalue weighted by Gasteiger charge is -2.59. The Morgan fingerprint density at radius 1 is 0.265 bits per heavy atom. The molecule has 20 aliphatic rings. The number of hydrogen-bond donors (Lipinski definition) is 0. The molecular weight excluding hydrogens is 1450 g/mol. The molecule has 24 heteroatoms. The summed E-state index contributed by atoms with van der Waals surface area (Å²) in [6.45, 7) is 2.94. The van der Waals surface area contributed by atoms with Crippen LogP contribution in [0.5, 0.6) is 0 Å². The second-order valence-electron chi connectivity index (χ2n) is 40.2. The van der Waals surface area contributed by atoms with Crippen molar-refractivity contribution < 1.29 is 114 Å². The summed E-state index contributed by atoms with van der Waals surface area (Å²) in [5.74, 6) is -7.17. The van der Waals surface area contributed by atoms with Crippen LogP contribution in [-0.2, 0) is 114 Å². The van der Waals surface area contributed by atoms with Gasteiger partial charge in [0.1, 0.15) is 49.0 Å². The molecule has 0 radical (unpaired) electrons. The SMILES string of the molecule is CC1(OC(=O)COC(=O)C2CCCC(OCOCC(COC(=O)C3CCCCC3C(=O)OCC(=O)OC3(C)C4CC5CC(C4)CC3C5)(COC(=O)C3CCCCC3C(=O)OCC(=O)OC3(C)C4CC5CC(C4)CC3C5)COC(=O)C3CCCCC3C(=O)OCC(=O)OC3(C)C4CC5CC(C4)CC3C5)C2)C2CC3CC(C2)CC1C3. The molecule has 113 heavy (non-hydrogen) atoms. The Morgan fingerprint density at radius 3 is 0.761 bits per heavy atom. The Balaban J connectivity index is 0.606. The van der Waals surface area contributed by atoms with Crippen molar-refractivity contribution in [3.8, 4) is 0 Å². The van der Waals surface area contributed by atoms with Crippen LogP contribution in [-0.4, -0.2) is 154 Å². The zero-order valence-corrected chi connectivity index (χ0v) is 67.5. The molecule has 20 rings (SSSR count). The van der Waals surface area contributed by atoms with Crippen LogP contribution in [0.2, 0.25) is 0 Å². The van der Waals surface area contributed by atoms with Crippen molar-refractivity contribution in [1.82, 2.24) is 0 Å². The molecule has 0 heterocycles. The first-order valence-corrected chi connectivity index (χ1v) is 44.5. The van der Waals surface area contributed by atoms with Gasteiger partial charge >= 0.3 is 65.7 Å². The van der Waals surface area contributed by atoms with Crippen LogP contribution in [0.25, 0.3) is 0 Å². The normalized spacial score (nSPS) is 42.2. The van der Waals surface area contributed by atoms with Crippen LogP contribution in [0.4, 0.5) is 0 Å². The van der Waals surface area contributed by atoms with Gasteiger partial charge in [-0.15, -0.1) is 0 Å². The summed E-state index contributed by atoms with van der Waals surface area (Å²) < 4.78 is 79.6. The smallest absolute Gasteiger partial charge is 0.344 e. The average molecular weight is 1580 g/mol. The molecule has 20 aliphatic carbocycles. The molecule has 0 aliphatic heterocycles. The Labute approximate surface area is 665 Å². The third-order valence-corrected chi connectivity index (χ3v) is 33.1. The fourth-order valence-electron chi connectivity index (χ4n) is 27.4. The molecule has 0 amide bonds. The first kappa shape index (κ1) is 80.9. The number of esters is 11. The van der Waals surface area contributed by atoms with Crippen molar-refractivity contribution in [3.63, 3.8) is 0 Å². The van der Waals surface area contributed by atoms with Gasteiger partial charge in [0.15, 0.2) is 26.4 Å². The van der Waals surface area contributed by atoms with E-state index in [1.807, 2.05) is 27.7 Å². The van der Waals surface area contributed by atoms with E-state index in [1.165, 1.54) is 25.7 Å². The molecule has 0 aromatic rings. The van der Waals surface area contributed by atoms with E-state index in [2.05, 4.69) is 0 Å². The van der Waals surface area contributed by atoms with Gasteiger partial charge in [-0.1, -0.05) is 44.9 Å². The summed E-state index contributed by atoms with van der Waals surface area (Å²) in [7, 11) is 0. The second kappa shape index (κ2) is 33.5. The zero-order valence-electron chi connectivity index (χ0n) is 67.5. The van der Waals surface area contributed by atoms with E-state index >= 15 is 0 Å².